The van der Waals surface area contributed by atoms with E-state index in [1.54, 1.807) is 80.0 Å². The summed E-state index contributed by atoms with van der Waals surface area (Å²) < 4.78 is 38.1. The summed E-state index contributed by atoms with van der Waals surface area (Å²) in [7, 11) is 0. The molecule has 0 spiro atoms. The van der Waals surface area contributed by atoms with E-state index in [-0.39, 0.29) is 54.7 Å². The predicted molar refractivity (Wildman–Crippen MR) is 346 cm³/mol. The smallest absolute Gasteiger partial charge is 0.252 e. The summed E-state index contributed by atoms with van der Waals surface area (Å²) in [5.74, 6) is -0.478. The minimum atomic E-state index is -0.410. The van der Waals surface area contributed by atoms with Crippen molar-refractivity contribution in [1.82, 2.24) is 49.9 Å². The van der Waals surface area contributed by atoms with Gasteiger partial charge in [0.05, 0.1) is 62.2 Å². The summed E-state index contributed by atoms with van der Waals surface area (Å²) >= 11 is 0. The molecule has 11 rings (SSSR count). The second kappa shape index (κ2) is 38.1. The lowest BCUT2D eigenvalue weighted by molar-refractivity contribution is -0.121. The number of nitrogens with two attached hydrogens (primary N) is 1. The summed E-state index contributed by atoms with van der Waals surface area (Å²) in [6, 6.07) is 41.8. The van der Waals surface area contributed by atoms with Gasteiger partial charge in [-0.25, -0.2) is 23.7 Å². The number of ether oxygens (including phenoxy) is 1. The third-order valence-corrected chi connectivity index (χ3v) is 12.5. The molecule has 88 heavy (non-hydrogen) atoms. The molecule has 7 aromatic carbocycles. The van der Waals surface area contributed by atoms with Crippen molar-refractivity contribution in [3.8, 4) is 17.2 Å². The van der Waals surface area contributed by atoms with Crippen LogP contribution < -0.4 is 31.7 Å². The van der Waals surface area contributed by atoms with Gasteiger partial charge in [0.25, 0.3) is 11.8 Å². The van der Waals surface area contributed by atoms with E-state index in [0.717, 1.165) is 49.9 Å². The number of nitrogens with one attached hydrogen (secondary N) is 4. The molecule has 4 heterocycles. The molecule has 0 radical (unpaired) electrons. The molecule has 19 heteroatoms. The van der Waals surface area contributed by atoms with E-state index in [9.17, 15) is 33.1 Å². The fourth-order valence-corrected chi connectivity index (χ4v) is 8.63. The van der Waals surface area contributed by atoms with Crippen LogP contribution in [0.15, 0.2) is 183 Å². The molecule has 7 N–H and O–H groups in total. The van der Waals surface area contributed by atoms with Gasteiger partial charge in [-0.1, -0.05) is 142 Å². The highest BCUT2D eigenvalue weighted by Gasteiger charge is 2.16. The van der Waals surface area contributed by atoms with Crippen LogP contribution in [0.2, 0.25) is 0 Å². The third-order valence-electron chi connectivity index (χ3n) is 12.5. The quantitative estimate of drug-likeness (QED) is 0.0759. The molecular weight excluding hydrogens is 1120 g/mol. The van der Waals surface area contributed by atoms with Crippen LogP contribution >= 0.6 is 0 Å². The van der Waals surface area contributed by atoms with E-state index in [1.807, 2.05) is 156 Å². The largest absolute Gasteiger partial charge is 0.508 e. The molecule has 17 nitrogen and oxygen atoms in total. The minimum Gasteiger partial charge on any atom is -0.508 e. The fraction of sp³-hybridized carbons (Fsp3) is 0.261. The summed E-state index contributed by atoms with van der Waals surface area (Å²) in [6.07, 6.45) is 10.1. The minimum absolute atomic E-state index is 0.0605. The van der Waals surface area contributed by atoms with E-state index in [0.29, 0.717) is 60.7 Å². The van der Waals surface area contributed by atoms with Crippen LogP contribution in [0.5, 0.6) is 17.2 Å². The maximum atomic E-state index is 13.4. The van der Waals surface area contributed by atoms with Crippen LogP contribution in [-0.4, -0.2) is 70.5 Å². The monoisotopic (exact) mass is 1200 g/mol. The van der Waals surface area contributed by atoms with E-state index in [4.69, 9.17) is 10.5 Å². The first-order chi connectivity index (χ1) is 42.9. The van der Waals surface area contributed by atoms with E-state index >= 15 is 0 Å². The first kappa shape index (κ1) is 70.5. The Hall–Kier alpha value is -10.0. The van der Waals surface area contributed by atoms with Crippen LogP contribution in [0.4, 0.5) is 8.78 Å². The number of hydrogen-bond donors (Lipinski definition) is 6. The molecular formula is C69H83F2N11O6. The number of imidazole rings is 3. The Morgan fingerprint density at radius 1 is 0.602 bits per heavy atom. The van der Waals surface area contributed by atoms with Crippen molar-refractivity contribution in [2.45, 2.75) is 109 Å². The Bertz CT molecular complexity index is 3770. The molecule has 1 aliphatic rings. The molecule has 1 aliphatic heterocycles. The number of phenolic OH excluding ortho intramolecular Hbond substituents is 1. The molecule has 0 atom stereocenters. The van der Waals surface area contributed by atoms with Gasteiger partial charge in [-0.3, -0.25) is 19.2 Å². The summed E-state index contributed by atoms with van der Waals surface area (Å²) in [5, 5.41) is 23.7. The summed E-state index contributed by atoms with van der Waals surface area (Å²) in [6.45, 7) is 22.3. The zero-order chi connectivity index (χ0) is 64.4. The highest BCUT2D eigenvalue weighted by Crippen LogP contribution is 2.29. The molecule has 4 amide bonds. The number of carbonyl (C=O) groups excluding carboxylic acids is 4. The van der Waals surface area contributed by atoms with Gasteiger partial charge in [0.2, 0.25) is 11.8 Å². The number of hydrogen-bond acceptors (Lipinski definition) is 10. The number of aromatic nitrogens is 6. The number of aromatic hydroxyl groups is 1. The molecule has 0 unspecified atom stereocenters. The van der Waals surface area contributed by atoms with E-state index in [2.05, 4.69) is 36.2 Å². The lowest BCUT2D eigenvalue weighted by Gasteiger charge is -2.11. The lowest BCUT2D eigenvalue weighted by Crippen LogP contribution is -2.37. The van der Waals surface area contributed by atoms with Crippen LogP contribution in [0.25, 0.3) is 21.5 Å². The molecule has 10 aromatic rings. The van der Waals surface area contributed by atoms with Crippen molar-refractivity contribution in [3.63, 3.8) is 0 Å². The van der Waals surface area contributed by atoms with Crippen LogP contribution in [0.3, 0.4) is 0 Å². The van der Waals surface area contributed by atoms with Crippen molar-refractivity contribution in [3.05, 3.63) is 240 Å². The molecule has 0 saturated heterocycles. The second-order valence-electron chi connectivity index (χ2n) is 18.1. The third kappa shape index (κ3) is 21.2. The van der Waals surface area contributed by atoms with Crippen molar-refractivity contribution in [1.29, 1.82) is 0 Å². The number of benzene rings is 7. The number of phenols is 1. The molecule has 3 aromatic heterocycles. The zero-order valence-electron chi connectivity index (χ0n) is 52.0. The predicted octanol–water partition coefficient (Wildman–Crippen LogP) is 12.9. The Morgan fingerprint density at radius 3 is 1.84 bits per heavy atom. The second-order valence-corrected chi connectivity index (χ2v) is 18.1. The molecule has 0 saturated carbocycles. The van der Waals surface area contributed by atoms with Crippen LogP contribution in [-0.2, 0) is 48.9 Å². The van der Waals surface area contributed by atoms with Crippen LogP contribution in [0, 0.1) is 11.6 Å². The number of carbonyl (C=O) groups is 4. The van der Waals surface area contributed by atoms with Crippen molar-refractivity contribution < 1.29 is 37.8 Å². The maximum Gasteiger partial charge on any atom is 0.252 e. The van der Waals surface area contributed by atoms with Crippen molar-refractivity contribution in [2.75, 3.05) is 13.1 Å². The van der Waals surface area contributed by atoms with Crippen molar-refractivity contribution in [2.24, 2.45) is 5.73 Å². The lowest BCUT2D eigenvalue weighted by atomic mass is 10.0. The Kier molecular flexibility index (Phi) is 30.5. The average molecular weight is 1200 g/mol. The molecule has 0 aliphatic carbocycles. The highest BCUT2D eigenvalue weighted by atomic mass is 19.1. The van der Waals surface area contributed by atoms with Gasteiger partial charge in [-0.05, 0) is 111 Å². The maximum absolute atomic E-state index is 13.4. The van der Waals surface area contributed by atoms with Gasteiger partial charge in [0.1, 0.15) is 28.9 Å². The zero-order valence-corrected chi connectivity index (χ0v) is 52.0. The Morgan fingerprint density at radius 2 is 1.18 bits per heavy atom. The van der Waals surface area contributed by atoms with E-state index in [1.165, 1.54) is 30.3 Å². The summed E-state index contributed by atoms with van der Waals surface area (Å²) in [5.41, 5.74) is 11.7. The standard InChI is InChI=1S/C24H21FN4O3.C24H20N4O3.C11H12FN3.5C2H6/c25-18-5-1-3-16(9-18)14-29-15-26-11-19(29)12-27-23(31)13-28-24(32)21-6-2-4-17-7-8-20(30)10-22(17)21;29-23-13-27-24(30)21-6-2-4-17-7-8-20(10-22(17)21)31-19-5-1-3-16(9-19)14-28-15-25-11-18(28)12-26-23;12-10-3-1-2-9(4-10)7-15-8-14-6-11(15)5-13;5*1-2/h1-11,15,30H,12-14H2,(H,27,31)(H,28,32);1-11,15H,12-14H2,(H,26,29)(H,27,30);1-4,6,8H,5,7,13H2;5*1-2H3. The number of nitrogens with zero attached hydrogens (tertiary/aromatic N) is 6. The fourth-order valence-electron chi connectivity index (χ4n) is 8.63. The molecule has 464 valence electrons. The average Bonchev–Trinajstić information content (AvgIpc) is 4.30. The highest BCUT2D eigenvalue weighted by molar-refractivity contribution is 6.09. The van der Waals surface area contributed by atoms with Gasteiger partial charge in [0.15, 0.2) is 0 Å². The van der Waals surface area contributed by atoms with Gasteiger partial charge in [-0.15, -0.1) is 0 Å². The molecule has 4 bridgehead atoms. The normalized spacial score (nSPS) is 11.1. The number of fused-ring (bicyclic) bond motifs is 5. The summed E-state index contributed by atoms with van der Waals surface area (Å²) in [4.78, 5) is 62.2. The Balaban J connectivity index is 0.000000276. The van der Waals surface area contributed by atoms with Gasteiger partial charge in [0, 0.05) is 55.9 Å². The number of amides is 4. The molecule has 0 fully saturated rings. The van der Waals surface area contributed by atoms with Crippen LogP contribution in [0.1, 0.15) is 124 Å². The SMILES string of the molecule is CC.CC.CC.CC.CC.NCc1cncn1Cc1cccc(F)c1.O=C(CNC(=O)c1cccc2ccc(O)cc12)NCc1cncn1Cc1cccc(F)c1.O=C1CNC(=O)c2cccc3ccc(cc23)Oc2cccc(c2)Cn2cncc2CN1. The van der Waals surface area contributed by atoms with E-state index < -0.39 is 5.91 Å². The van der Waals surface area contributed by atoms with Gasteiger partial charge < -0.3 is 50.5 Å². The number of halogens is 2. The Labute approximate surface area is 515 Å². The van der Waals surface area contributed by atoms with Crippen molar-refractivity contribution >= 4 is 45.2 Å². The first-order valence-electron chi connectivity index (χ1n) is 29.7. The first-order valence-corrected chi connectivity index (χ1v) is 29.7. The van der Waals surface area contributed by atoms with Gasteiger partial charge >= 0.3 is 0 Å². The topological polar surface area (TPSA) is 225 Å². The number of rotatable bonds is 10. The van der Waals surface area contributed by atoms with Gasteiger partial charge in [-0.2, -0.15) is 0 Å².